The maximum absolute atomic E-state index is 12.8. The van der Waals surface area contributed by atoms with Crippen LogP contribution < -0.4 is 15.5 Å². The van der Waals surface area contributed by atoms with E-state index in [0.29, 0.717) is 44.0 Å². The van der Waals surface area contributed by atoms with Crippen LogP contribution in [0.4, 0.5) is 4.79 Å². The van der Waals surface area contributed by atoms with E-state index in [2.05, 4.69) is 10.6 Å². The third-order valence-corrected chi connectivity index (χ3v) is 7.02. The van der Waals surface area contributed by atoms with Crippen molar-refractivity contribution in [2.24, 2.45) is 0 Å². The molecule has 2 aliphatic heterocycles. The van der Waals surface area contributed by atoms with Crippen LogP contribution in [0, 0.1) is 0 Å². The van der Waals surface area contributed by atoms with Crippen LogP contribution >= 0.6 is 0 Å². The number of esters is 1. The first-order valence-corrected chi connectivity index (χ1v) is 11.1. The highest BCUT2D eigenvalue weighted by Crippen LogP contribution is 2.16. The van der Waals surface area contributed by atoms with Crippen LogP contribution in [-0.4, -0.2) is 70.1 Å². The van der Waals surface area contributed by atoms with Gasteiger partial charge in [0, 0.05) is 0 Å². The third kappa shape index (κ3) is 4.77. The Bertz CT molecular complexity index is 892. The summed E-state index contributed by atoms with van der Waals surface area (Å²) < 4.78 is 32.1. The zero-order valence-electron chi connectivity index (χ0n) is 16.6. The average Bonchev–Trinajstić information content (AvgIpc) is 2.69. The highest BCUT2D eigenvalue weighted by atomic mass is 32.2. The van der Waals surface area contributed by atoms with Crippen LogP contribution in [0.15, 0.2) is 46.5 Å². The molecule has 0 radical (unpaired) electrons. The minimum absolute atomic E-state index is 0.249. The van der Waals surface area contributed by atoms with E-state index >= 15 is 0 Å². The summed E-state index contributed by atoms with van der Waals surface area (Å²) in [6.45, 7) is 6.03. The molecule has 1 aromatic rings. The van der Waals surface area contributed by atoms with Crippen molar-refractivity contribution in [1.29, 1.82) is 0 Å². The Morgan fingerprint density at radius 2 is 1.90 bits per heavy atom. The first-order valence-electron chi connectivity index (χ1n) is 9.69. The molecule has 10 heteroatoms. The van der Waals surface area contributed by atoms with Gasteiger partial charge in [-0.1, -0.05) is 18.2 Å². The maximum atomic E-state index is 12.8. The van der Waals surface area contributed by atoms with Gasteiger partial charge in [0.2, 0.25) is 10.0 Å². The molecule has 0 spiro atoms. The van der Waals surface area contributed by atoms with Gasteiger partial charge >= 0.3 is 12.0 Å². The molecule has 2 aliphatic rings. The standard InChI is InChI=1S/C19H26N4O5S/c1-3-28-18(24)17-14(2)20-19(25)21-16(17)13-22-9-11-23(12-10-22)29(26,27)15-7-5-4-6-8-15/h4-8,14H,3,9-13H2,1-2H3,(H2,20,21,25)/p+1/t14-/m0/s1. The minimum Gasteiger partial charge on any atom is -0.463 e. The van der Waals surface area contributed by atoms with Crippen molar-refractivity contribution in [3.8, 4) is 0 Å². The van der Waals surface area contributed by atoms with Crippen LogP contribution in [-0.2, 0) is 19.6 Å². The number of amides is 2. The number of benzene rings is 1. The number of piperazine rings is 1. The Morgan fingerprint density at radius 3 is 2.52 bits per heavy atom. The Hall–Kier alpha value is -2.43. The lowest BCUT2D eigenvalue weighted by atomic mass is 10.0. The van der Waals surface area contributed by atoms with Crippen LogP contribution in [0.3, 0.4) is 0 Å². The van der Waals surface area contributed by atoms with Gasteiger partial charge in [-0.05, 0) is 26.0 Å². The number of carbonyl (C=O) groups is 2. The molecule has 29 heavy (non-hydrogen) atoms. The second-order valence-corrected chi connectivity index (χ2v) is 9.01. The van der Waals surface area contributed by atoms with E-state index < -0.39 is 22.0 Å². The fourth-order valence-electron chi connectivity index (χ4n) is 3.63. The molecule has 1 atom stereocenters. The normalized spacial score (nSPS) is 21.4. The number of nitrogens with one attached hydrogen (secondary N) is 3. The molecule has 0 aliphatic carbocycles. The Balaban J connectivity index is 1.69. The van der Waals surface area contributed by atoms with Crippen molar-refractivity contribution in [3.63, 3.8) is 0 Å². The number of rotatable bonds is 6. The smallest absolute Gasteiger partial charge is 0.338 e. The van der Waals surface area contributed by atoms with Crippen LogP contribution in [0.5, 0.6) is 0 Å². The summed E-state index contributed by atoms with van der Waals surface area (Å²) in [5.41, 5.74) is 0.951. The molecule has 3 rings (SSSR count). The molecule has 0 saturated carbocycles. The fraction of sp³-hybridized carbons (Fsp3) is 0.474. The van der Waals surface area contributed by atoms with Crippen molar-refractivity contribution < 1.29 is 27.6 Å². The van der Waals surface area contributed by atoms with Gasteiger partial charge in [-0.15, -0.1) is 0 Å². The van der Waals surface area contributed by atoms with E-state index in [4.69, 9.17) is 4.74 Å². The molecule has 158 valence electrons. The first-order chi connectivity index (χ1) is 13.8. The van der Waals surface area contributed by atoms with Crippen LogP contribution in [0.1, 0.15) is 13.8 Å². The summed E-state index contributed by atoms with van der Waals surface area (Å²) in [7, 11) is -3.51. The average molecular weight is 424 g/mol. The molecule has 2 heterocycles. The Labute approximate surface area is 170 Å². The predicted molar refractivity (Wildman–Crippen MR) is 106 cm³/mol. The number of quaternary nitrogens is 1. The number of carbonyl (C=O) groups excluding carboxylic acids is 2. The fourth-order valence-corrected chi connectivity index (χ4v) is 5.09. The SMILES string of the molecule is CCOC(=O)C1=C(C[NH+]2CCN(S(=O)(=O)c3ccccc3)CC2)NC(=O)N[C@H]1C. The van der Waals surface area contributed by atoms with E-state index in [0.717, 1.165) is 4.90 Å². The number of sulfonamides is 1. The molecular formula is C19H27N4O5S+. The van der Waals surface area contributed by atoms with E-state index in [9.17, 15) is 18.0 Å². The molecule has 0 bridgehead atoms. The van der Waals surface area contributed by atoms with Gasteiger partial charge in [0.05, 0.1) is 55.0 Å². The lowest BCUT2D eigenvalue weighted by Crippen LogP contribution is -3.15. The highest BCUT2D eigenvalue weighted by Gasteiger charge is 2.34. The topological polar surface area (TPSA) is 109 Å². The van der Waals surface area contributed by atoms with Gasteiger partial charge in [-0.3, -0.25) is 0 Å². The number of hydrogen-bond acceptors (Lipinski definition) is 5. The Kier molecular flexibility index (Phi) is 6.56. The molecule has 1 aromatic carbocycles. The summed E-state index contributed by atoms with van der Waals surface area (Å²) in [5, 5.41) is 5.40. The van der Waals surface area contributed by atoms with Gasteiger partial charge < -0.3 is 20.3 Å². The summed E-state index contributed by atoms with van der Waals surface area (Å²) in [6.07, 6.45) is 0. The molecule has 0 aromatic heterocycles. The molecule has 3 N–H and O–H groups in total. The van der Waals surface area contributed by atoms with Crippen molar-refractivity contribution in [2.75, 3.05) is 39.3 Å². The number of nitrogens with zero attached hydrogens (tertiary/aromatic N) is 1. The van der Waals surface area contributed by atoms with E-state index in [1.165, 1.54) is 4.31 Å². The van der Waals surface area contributed by atoms with Gasteiger partial charge in [0.15, 0.2) is 0 Å². The molecule has 1 fully saturated rings. The summed E-state index contributed by atoms with van der Waals surface area (Å²) in [6, 6.07) is 7.58. The van der Waals surface area contributed by atoms with Crippen LogP contribution in [0.25, 0.3) is 0 Å². The first kappa shape index (κ1) is 21.3. The number of hydrogen-bond donors (Lipinski definition) is 3. The van der Waals surface area contributed by atoms with Crippen molar-refractivity contribution in [3.05, 3.63) is 41.6 Å². The second-order valence-electron chi connectivity index (χ2n) is 7.08. The van der Waals surface area contributed by atoms with Gasteiger partial charge in [0.1, 0.15) is 6.54 Å². The maximum Gasteiger partial charge on any atom is 0.338 e. The van der Waals surface area contributed by atoms with E-state index in [1.54, 1.807) is 44.2 Å². The van der Waals surface area contributed by atoms with Crippen molar-refractivity contribution in [2.45, 2.75) is 24.8 Å². The van der Waals surface area contributed by atoms with Crippen LogP contribution in [0.2, 0.25) is 0 Å². The molecule has 1 saturated heterocycles. The predicted octanol–water partition coefficient (Wildman–Crippen LogP) is -0.906. The molecular weight excluding hydrogens is 396 g/mol. The number of urea groups is 1. The second kappa shape index (κ2) is 8.93. The molecule has 0 unspecified atom stereocenters. The summed E-state index contributed by atoms with van der Waals surface area (Å²) in [5.74, 6) is -0.452. The third-order valence-electron chi connectivity index (χ3n) is 5.10. The zero-order valence-corrected chi connectivity index (χ0v) is 17.4. The highest BCUT2D eigenvalue weighted by molar-refractivity contribution is 7.89. The van der Waals surface area contributed by atoms with Gasteiger partial charge in [-0.2, -0.15) is 4.31 Å². The summed E-state index contributed by atoms with van der Waals surface area (Å²) in [4.78, 5) is 25.6. The largest absolute Gasteiger partial charge is 0.463 e. The monoisotopic (exact) mass is 423 g/mol. The molecule has 9 nitrogen and oxygen atoms in total. The number of ether oxygens (including phenoxy) is 1. The summed E-state index contributed by atoms with van der Waals surface area (Å²) >= 11 is 0. The zero-order chi connectivity index (χ0) is 21.0. The molecule has 2 amide bonds. The van der Waals surface area contributed by atoms with Gasteiger partial charge in [0.25, 0.3) is 0 Å². The van der Waals surface area contributed by atoms with Crippen molar-refractivity contribution >= 4 is 22.0 Å². The minimum atomic E-state index is -3.51. The lowest BCUT2D eigenvalue weighted by Gasteiger charge is -2.33. The van der Waals surface area contributed by atoms with Crippen molar-refractivity contribution in [1.82, 2.24) is 14.9 Å². The Morgan fingerprint density at radius 1 is 1.24 bits per heavy atom. The van der Waals surface area contributed by atoms with E-state index in [-0.39, 0.29) is 17.5 Å². The quantitative estimate of drug-likeness (QED) is 0.514. The van der Waals surface area contributed by atoms with E-state index in [1.807, 2.05) is 0 Å². The van der Waals surface area contributed by atoms with Gasteiger partial charge in [-0.25, -0.2) is 18.0 Å². The lowest BCUT2D eigenvalue weighted by molar-refractivity contribution is -0.899.